The zero-order valence-electron chi connectivity index (χ0n) is 9.40. The molecule has 1 amide bonds. The lowest BCUT2D eigenvalue weighted by molar-refractivity contribution is -0.120. The molecule has 0 saturated heterocycles. The van der Waals surface area contributed by atoms with Gasteiger partial charge in [0.15, 0.2) is 0 Å². The fraction of sp³-hybridized carbons (Fsp3) is 0.900. The molecule has 2 atom stereocenters. The monoisotopic (exact) mass is 235 g/mol. The maximum atomic E-state index is 11.4. The van der Waals surface area contributed by atoms with Crippen LogP contribution in [0, 0.1) is 0 Å². The lowest BCUT2D eigenvalue weighted by atomic mass is 10.3. The van der Waals surface area contributed by atoms with Gasteiger partial charge in [-0.2, -0.15) is 0 Å². The normalized spacial score (nSPS) is 14.7. The van der Waals surface area contributed by atoms with Crippen molar-refractivity contribution in [2.24, 2.45) is 0 Å². The van der Waals surface area contributed by atoms with Crippen molar-refractivity contribution in [3.05, 3.63) is 0 Å². The second-order valence-corrected chi connectivity index (χ2v) is 4.83. The minimum absolute atomic E-state index is 0.00131. The summed E-state index contributed by atoms with van der Waals surface area (Å²) in [5.74, 6) is 0.386. The second-order valence-electron chi connectivity index (χ2n) is 3.46. The number of carbonyl (C=O) groups is 1. The number of aliphatic hydroxyl groups excluding tert-OH is 2. The average molecular weight is 235 g/mol. The lowest BCUT2D eigenvalue weighted by Crippen LogP contribution is -2.32. The van der Waals surface area contributed by atoms with Crippen molar-refractivity contribution in [2.45, 2.75) is 38.0 Å². The van der Waals surface area contributed by atoms with Crippen molar-refractivity contribution in [1.82, 2.24) is 5.32 Å². The van der Waals surface area contributed by atoms with E-state index in [1.807, 2.05) is 0 Å². The maximum absolute atomic E-state index is 11.4. The van der Waals surface area contributed by atoms with Crippen LogP contribution in [0.5, 0.6) is 0 Å². The predicted molar refractivity (Wildman–Crippen MR) is 62.9 cm³/mol. The third kappa shape index (κ3) is 7.64. The molecule has 0 heterocycles. The standard InChI is InChI=1S/C10H21NO3S/c1-3-4-5-11-10(14)8(2)15-7-9(13)6-12/h8-9,12-13H,3-7H2,1-2H3,(H,11,14). The van der Waals surface area contributed by atoms with Gasteiger partial charge in [0.1, 0.15) is 0 Å². The summed E-state index contributed by atoms with van der Waals surface area (Å²) in [5, 5.41) is 20.3. The van der Waals surface area contributed by atoms with E-state index in [0.29, 0.717) is 12.3 Å². The van der Waals surface area contributed by atoms with Crippen LogP contribution < -0.4 is 5.32 Å². The Hall–Kier alpha value is -0.260. The summed E-state index contributed by atoms with van der Waals surface area (Å²) in [4.78, 5) is 11.4. The Balaban J connectivity index is 3.60. The van der Waals surface area contributed by atoms with Crippen LogP contribution in [0.15, 0.2) is 0 Å². The molecule has 0 rings (SSSR count). The van der Waals surface area contributed by atoms with E-state index in [1.165, 1.54) is 11.8 Å². The molecule has 0 aliphatic heterocycles. The molecular formula is C10H21NO3S. The first-order valence-electron chi connectivity index (χ1n) is 5.30. The van der Waals surface area contributed by atoms with Crippen LogP contribution in [-0.4, -0.2) is 46.4 Å². The van der Waals surface area contributed by atoms with E-state index >= 15 is 0 Å². The molecule has 0 aliphatic carbocycles. The van der Waals surface area contributed by atoms with Crippen molar-refractivity contribution in [3.63, 3.8) is 0 Å². The number of carbonyl (C=O) groups excluding carboxylic acids is 1. The van der Waals surface area contributed by atoms with Crippen LogP contribution in [0.25, 0.3) is 0 Å². The van der Waals surface area contributed by atoms with Crippen molar-refractivity contribution in [2.75, 3.05) is 18.9 Å². The van der Waals surface area contributed by atoms with Gasteiger partial charge in [0.2, 0.25) is 5.91 Å². The summed E-state index contributed by atoms with van der Waals surface area (Å²) in [6, 6.07) is 0. The Morgan fingerprint density at radius 2 is 2.20 bits per heavy atom. The van der Waals surface area contributed by atoms with E-state index in [2.05, 4.69) is 12.2 Å². The molecule has 0 radical (unpaired) electrons. The number of rotatable bonds is 8. The van der Waals surface area contributed by atoms with E-state index in [9.17, 15) is 4.79 Å². The van der Waals surface area contributed by atoms with Crippen LogP contribution in [-0.2, 0) is 4.79 Å². The van der Waals surface area contributed by atoms with Gasteiger partial charge in [-0.05, 0) is 13.3 Å². The maximum Gasteiger partial charge on any atom is 0.232 e. The van der Waals surface area contributed by atoms with Gasteiger partial charge in [-0.15, -0.1) is 11.8 Å². The van der Waals surface area contributed by atoms with Gasteiger partial charge >= 0.3 is 0 Å². The quantitative estimate of drug-likeness (QED) is 0.532. The van der Waals surface area contributed by atoms with E-state index < -0.39 is 6.10 Å². The third-order valence-electron chi connectivity index (χ3n) is 1.95. The average Bonchev–Trinajstić information content (AvgIpc) is 2.25. The summed E-state index contributed by atoms with van der Waals surface area (Å²) >= 11 is 1.35. The number of amides is 1. The molecule has 0 saturated carbocycles. The van der Waals surface area contributed by atoms with Crippen LogP contribution in [0.2, 0.25) is 0 Å². The van der Waals surface area contributed by atoms with E-state index in [1.54, 1.807) is 6.92 Å². The number of unbranched alkanes of at least 4 members (excludes halogenated alkanes) is 1. The minimum Gasteiger partial charge on any atom is -0.394 e. The Morgan fingerprint density at radius 3 is 2.73 bits per heavy atom. The van der Waals surface area contributed by atoms with E-state index in [-0.39, 0.29) is 17.8 Å². The van der Waals surface area contributed by atoms with Crippen LogP contribution in [0.1, 0.15) is 26.7 Å². The molecule has 0 bridgehead atoms. The zero-order valence-corrected chi connectivity index (χ0v) is 10.2. The second kappa shape index (κ2) is 9.00. The highest BCUT2D eigenvalue weighted by atomic mass is 32.2. The zero-order chi connectivity index (χ0) is 11.7. The molecule has 0 aromatic carbocycles. The van der Waals surface area contributed by atoms with Crippen LogP contribution in [0.4, 0.5) is 0 Å². The molecule has 0 aromatic rings. The number of thioether (sulfide) groups is 1. The molecule has 90 valence electrons. The number of aliphatic hydroxyl groups is 2. The molecule has 3 N–H and O–H groups in total. The van der Waals surface area contributed by atoms with Gasteiger partial charge in [0.05, 0.1) is 18.0 Å². The first kappa shape index (κ1) is 14.7. The molecule has 0 spiro atoms. The molecule has 0 fully saturated rings. The van der Waals surface area contributed by atoms with Gasteiger partial charge in [-0.25, -0.2) is 0 Å². The Kier molecular flexibility index (Phi) is 8.85. The number of nitrogens with one attached hydrogen (secondary N) is 1. The highest BCUT2D eigenvalue weighted by molar-refractivity contribution is 8.00. The largest absolute Gasteiger partial charge is 0.394 e. The first-order valence-corrected chi connectivity index (χ1v) is 6.34. The molecule has 0 aliphatic rings. The highest BCUT2D eigenvalue weighted by Crippen LogP contribution is 2.11. The highest BCUT2D eigenvalue weighted by Gasteiger charge is 2.14. The first-order chi connectivity index (χ1) is 7.11. The van der Waals surface area contributed by atoms with Crippen LogP contribution in [0.3, 0.4) is 0 Å². The summed E-state index contributed by atoms with van der Waals surface area (Å²) in [6.45, 7) is 4.33. The fourth-order valence-corrected chi connectivity index (χ4v) is 1.77. The van der Waals surface area contributed by atoms with Crippen molar-refractivity contribution < 1.29 is 15.0 Å². The predicted octanol–water partition coefficient (Wildman–Crippen LogP) is 0.378. The fourth-order valence-electron chi connectivity index (χ4n) is 0.916. The SMILES string of the molecule is CCCCNC(=O)C(C)SCC(O)CO. The smallest absolute Gasteiger partial charge is 0.232 e. The van der Waals surface area contributed by atoms with E-state index in [0.717, 1.165) is 12.8 Å². The number of hydrogen-bond acceptors (Lipinski definition) is 4. The number of hydrogen-bond donors (Lipinski definition) is 3. The van der Waals surface area contributed by atoms with Crippen molar-refractivity contribution >= 4 is 17.7 Å². The molecule has 5 heteroatoms. The minimum atomic E-state index is -0.735. The van der Waals surface area contributed by atoms with Crippen LogP contribution >= 0.6 is 11.8 Å². The van der Waals surface area contributed by atoms with Gasteiger partial charge in [0, 0.05) is 12.3 Å². The summed E-state index contributed by atoms with van der Waals surface area (Å²) < 4.78 is 0. The lowest BCUT2D eigenvalue weighted by Gasteiger charge is -2.13. The Labute approximate surface area is 95.4 Å². The molecule has 15 heavy (non-hydrogen) atoms. The Morgan fingerprint density at radius 1 is 1.53 bits per heavy atom. The Bertz CT molecular complexity index is 178. The van der Waals surface area contributed by atoms with Gasteiger partial charge in [0.25, 0.3) is 0 Å². The van der Waals surface area contributed by atoms with E-state index in [4.69, 9.17) is 10.2 Å². The summed E-state index contributed by atoms with van der Waals surface area (Å²) in [6.07, 6.45) is 1.31. The molecular weight excluding hydrogens is 214 g/mol. The molecule has 0 aromatic heterocycles. The van der Waals surface area contributed by atoms with Gasteiger partial charge < -0.3 is 15.5 Å². The summed E-state index contributed by atoms with van der Waals surface area (Å²) in [5.41, 5.74) is 0. The summed E-state index contributed by atoms with van der Waals surface area (Å²) in [7, 11) is 0. The third-order valence-corrected chi connectivity index (χ3v) is 3.24. The van der Waals surface area contributed by atoms with Gasteiger partial charge in [-0.1, -0.05) is 13.3 Å². The topological polar surface area (TPSA) is 69.6 Å². The van der Waals surface area contributed by atoms with Gasteiger partial charge in [-0.3, -0.25) is 4.79 Å². The van der Waals surface area contributed by atoms with Crippen molar-refractivity contribution in [3.8, 4) is 0 Å². The van der Waals surface area contributed by atoms with Crippen molar-refractivity contribution in [1.29, 1.82) is 0 Å². The molecule has 2 unspecified atom stereocenters. The molecule has 4 nitrogen and oxygen atoms in total.